The second kappa shape index (κ2) is 5.58. The topological polar surface area (TPSA) is 63.3 Å². The predicted molar refractivity (Wildman–Crippen MR) is 47.8 cm³/mol. The molecule has 0 aromatic carbocycles. The molecule has 0 spiro atoms. The van der Waals surface area contributed by atoms with Crippen molar-refractivity contribution in [3.05, 3.63) is 17.4 Å². The lowest BCUT2D eigenvalue weighted by Crippen LogP contribution is -2.21. The first-order valence-corrected chi connectivity index (χ1v) is 3.93. The van der Waals surface area contributed by atoms with E-state index in [1.807, 2.05) is 13.8 Å². The number of hydrogen-bond donors (Lipinski definition) is 2. The van der Waals surface area contributed by atoms with E-state index in [-0.39, 0.29) is 12.5 Å². The first-order chi connectivity index (χ1) is 5.57. The van der Waals surface area contributed by atoms with Gasteiger partial charge in [-0.05, 0) is 31.9 Å². The molecule has 0 bridgehead atoms. The number of rotatable bonds is 4. The zero-order valence-corrected chi connectivity index (χ0v) is 7.50. The molecule has 68 valence electrons. The van der Waals surface area contributed by atoms with Gasteiger partial charge >= 0.3 is 5.97 Å². The van der Waals surface area contributed by atoms with Gasteiger partial charge in [-0.3, -0.25) is 4.79 Å². The Bertz CT molecular complexity index is 215. The summed E-state index contributed by atoms with van der Waals surface area (Å²) in [5.74, 6) is -0.807. The van der Waals surface area contributed by atoms with Crippen LogP contribution in [0, 0.1) is 0 Å². The van der Waals surface area contributed by atoms with E-state index in [1.165, 1.54) is 0 Å². The van der Waals surface area contributed by atoms with Crippen LogP contribution in [0.4, 0.5) is 0 Å². The Morgan fingerprint density at radius 2 is 2.33 bits per heavy atom. The van der Waals surface area contributed by atoms with Crippen LogP contribution in [-0.4, -0.2) is 17.1 Å². The lowest BCUT2D eigenvalue weighted by molar-refractivity contribution is -0.137. The monoisotopic (exact) mass is 169 g/mol. The summed E-state index contributed by atoms with van der Waals surface area (Å²) in [6.45, 7) is 3.71. The number of nitrogens with two attached hydrogens (primary N) is 1. The Kier molecular flexibility index (Phi) is 5.09. The SMILES string of the molecule is CC=C=C(C)C(N)CCC(=O)O. The summed E-state index contributed by atoms with van der Waals surface area (Å²) in [5.41, 5.74) is 9.51. The Hall–Kier alpha value is -1.05. The Morgan fingerprint density at radius 1 is 1.75 bits per heavy atom. The predicted octanol–water partition coefficient (Wildman–Crippen LogP) is 1.30. The van der Waals surface area contributed by atoms with Gasteiger partial charge in [0.2, 0.25) is 0 Å². The molecule has 0 aromatic rings. The molecule has 3 nitrogen and oxygen atoms in total. The van der Waals surface area contributed by atoms with Crippen molar-refractivity contribution in [3.8, 4) is 0 Å². The van der Waals surface area contributed by atoms with Gasteiger partial charge in [0.15, 0.2) is 0 Å². The molecular weight excluding hydrogens is 154 g/mol. The maximum Gasteiger partial charge on any atom is 0.303 e. The third-order valence-corrected chi connectivity index (χ3v) is 1.60. The summed E-state index contributed by atoms with van der Waals surface area (Å²) >= 11 is 0. The second-order valence-corrected chi connectivity index (χ2v) is 2.65. The first-order valence-electron chi connectivity index (χ1n) is 3.93. The quantitative estimate of drug-likeness (QED) is 0.623. The normalized spacial score (nSPS) is 11.6. The van der Waals surface area contributed by atoms with Crippen molar-refractivity contribution in [1.82, 2.24) is 0 Å². The minimum atomic E-state index is -0.807. The number of aliphatic carboxylic acids is 1. The summed E-state index contributed by atoms with van der Waals surface area (Å²) < 4.78 is 0. The van der Waals surface area contributed by atoms with Crippen LogP contribution in [0.1, 0.15) is 26.7 Å². The maximum absolute atomic E-state index is 10.2. The fourth-order valence-electron chi connectivity index (χ4n) is 0.830. The Morgan fingerprint density at radius 3 is 2.75 bits per heavy atom. The van der Waals surface area contributed by atoms with Gasteiger partial charge in [-0.2, -0.15) is 0 Å². The molecule has 12 heavy (non-hydrogen) atoms. The van der Waals surface area contributed by atoms with E-state index in [4.69, 9.17) is 10.8 Å². The van der Waals surface area contributed by atoms with Crippen LogP contribution in [0.3, 0.4) is 0 Å². The van der Waals surface area contributed by atoms with Gasteiger partial charge < -0.3 is 10.8 Å². The van der Waals surface area contributed by atoms with Gasteiger partial charge in [-0.15, -0.1) is 5.73 Å². The standard InChI is InChI=1S/C9H15NO2/c1-3-4-7(2)8(10)5-6-9(11)12/h3,8H,5-6,10H2,1-2H3,(H,11,12). The molecule has 0 fully saturated rings. The Balaban J connectivity index is 3.96. The molecule has 0 aromatic heterocycles. The van der Waals surface area contributed by atoms with Crippen LogP contribution in [0.5, 0.6) is 0 Å². The average Bonchev–Trinajstić information content (AvgIpc) is 2.00. The smallest absolute Gasteiger partial charge is 0.303 e. The highest BCUT2D eigenvalue weighted by Gasteiger charge is 2.06. The van der Waals surface area contributed by atoms with Gasteiger partial charge in [0.05, 0.1) is 0 Å². The molecule has 0 heterocycles. The van der Waals surface area contributed by atoms with Crippen LogP contribution >= 0.6 is 0 Å². The van der Waals surface area contributed by atoms with Crippen LogP contribution < -0.4 is 5.73 Å². The van der Waals surface area contributed by atoms with Gasteiger partial charge in [0, 0.05) is 12.5 Å². The summed E-state index contributed by atoms with van der Waals surface area (Å²) in [4.78, 5) is 10.2. The molecule has 0 saturated carbocycles. The molecular formula is C9H15NO2. The van der Waals surface area contributed by atoms with Crippen molar-refractivity contribution in [3.63, 3.8) is 0 Å². The zero-order chi connectivity index (χ0) is 9.56. The van der Waals surface area contributed by atoms with E-state index in [1.54, 1.807) is 6.08 Å². The molecule has 0 aliphatic carbocycles. The van der Waals surface area contributed by atoms with Gasteiger partial charge in [0.1, 0.15) is 0 Å². The van der Waals surface area contributed by atoms with E-state index >= 15 is 0 Å². The van der Waals surface area contributed by atoms with Crippen LogP contribution in [0.2, 0.25) is 0 Å². The van der Waals surface area contributed by atoms with Gasteiger partial charge in [-0.1, -0.05) is 0 Å². The summed E-state index contributed by atoms with van der Waals surface area (Å²) in [6.07, 6.45) is 2.36. The highest BCUT2D eigenvalue weighted by molar-refractivity contribution is 5.66. The zero-order valence-electron chi connectivity index (χ0n) is 7.50. The lowest BCUT2D eigenvalue weighted by Gasteiger charge is -2.07. The molecule has 1 unspecified atom stereocenters. The molecule has 0 aliphatic rings. The number of carboxylic acids is 1. The van der Waals surface area contributed by atoms with Crippen LogP contribution in [0.25, 0.3) is 0 Å². The molecule has 3 heteroatoms. The molecule has 0 radical (unpaired) electrons. The minimum Gasteiger partial charge on any atom is -0.481 e. The van der Waals surface area contributed by atoms with E-state index in [9.17, 15) is 4.79 Å². The van der Waals surface area contributed by atoms with Gasteiger partial charge in [-0.25, -0.2) is 0 Å². The van der Waals surface area contributed by atoms with Crippen molar-refractivity contribution >= 4 is 5.97 Å². The van der Waals surface area contributed by atoms with Crippen molar-refractivity contribution in [2.45, 2.75) is 32.7 Å². The largest absolute Gasteiger partial charge is 0.481 e. The number of carbonyl (C=O) groups is 1. The minimum absolute atomic E-state index is 0.115. The van der Waals surface area contributed by atoms with Crippen molar-refractivity contribution in [1.29, 1.82) is 0 Å². The van der Waals surface area contributed by atoms with Crippen molar-refractivity contribution in [2.24, 2.45) is 5.73 Å². The van der Waals surface area contributed by atoms with Crippen molar-refractivity contribution in [2.75, 3.05) is 0 Å². The maximum atomic E-state index is 10.2. The van der Waals surface area contributed by atoms with Crippen LogP contribution in [-0.2, 0) is 4.79 Å². The first kappa shape index (κ1) is 11.0. The molecule has 0 rings (SSSR count). The highest BCUT2D eigenvalue weighted by atomic mass is 16.4. The van der Waals surface area contributed by atoms with E-state index in [0.29, 0.717) is 6.42 Å². The van der Waals surface area contributed by atoms with Gasteiger partial charge in [0.25, 0.3) is 0 Å². The molecule has 1 atom stereocenters. The third-order valence-electron chi connectivity index (χ3n) is 1.60. The molecule has 0 aliphatic heterocycles. The number of hydrogen-bond acceptors (Lipinski definition) is 2. The number of carboxylic acid groups (broad SMARTS) is 1. The molecule has 0 saturated heterocycles. The van der Waals surface area contributed by atoms with E-state index < -0.39 is 5.97 Å². The fourth-order valence-corrected chi connectivity index (χ4v) is 0.830. The second-order valence-electron chi connectivity index (χ2n) is 2.65. The summed E-state index contributed by atoms with van der Waals surface area (Å²) in [5, 5.41) is 8.38. The lowest BCUT2D eigenvalue weighted by atomic mass is 10.1. The van der Waals surface area contributed by atoms with Crippen molar-refractivity contribution < 1.29 is 9.90 Å². The van der Waals surface area contributed by atoms with E-state index in [2.05, 4.69) is 5.73 Å². The molecule has 3 N–H and O–H groups in total. The Labute approximate surface area is 72.6 Å². The summed E-state index contributed by atoms with van der Waals surface area (Å²) in [6, 6.07) is -0.183. The van der Waals surface area contributed by atoms with E-state index in [0.717, 1.165) is 5.57 Å². The summed E-state index contributed by atoms with van der Waals surface area (Å²) in [7, 11) is 0. The third kappa shape index (κ3) is 4.72. The fraction of sp³-hybridized carbons (Fsp3) is 0.556. The average molecular weight is 169 g/mol. The van der Waals surface area contributed by atoms with Crippen LogP contribution in [0.15, 0.2) is 17.4 Å². The molecule has 0 amide bonds. The highest BCUT2D eigenvalue weighted by Crippen LogP contribution is 2.03.